The third kappa shape index (κ3) is 6.10. The van der Waals surface area contributed by atoms with Crippen molar-refractivity contribution in [3.05, 3.63) is 64.4 Å². The van der Waals surface area contributed by atoms with Gasteiger partial charge in [0.05, 0.1) is 7.11 Å². The molecule has 0 aliphatic carbocycles. The lowest BCUT2D eigenvalue weighted by molar-refractivity contribution is -0.131. The zero-order valence-electron chi connectivity index (χ0n) is 14.7. The first-order valence-electron chi connectivity index (χ1n) is 7.93. The van der Waals surface area contributed by atoms with Crippen LogP contribution < -0.4 is 20.3 Å². The van der Waals surface area contributed by atoms with Gasteiger partial charge in [-0.15, -0.1) is 0 Å². The molecule has 0 spiro atoms. The van der Waals surface area contributed by atoms with Crippen LogP contribution in [0.3, 0.4) is 0 Å². The van der Waals surface area contributed by atoms with Crippen LogP contribution >= 0.6 is 15.9 Å². The summed E-state index contributed by atoms with van der Waals surface area (Å²) in [5, 5.41) is 0. The fourth-order valence-corrected chi connectivity index (χ4v) is 2.43. The summed E-state index contributed by atoms with van der Waals surface area (Å²) in [7, 11) is 1.53. The first kappa shape index (κ1) is 20.4. The van der Waals surface area contributed by atoms with Crippen LogP contribution in [0.2, 0.25) is 0 Å². The Morgan fingerprint density at radius 2 is 1.89 bits per heavy atom. The van der Waals surface area contributed by atoms with Gasteiger partial charge in [0.15, 0.2) is 17.7 Å². The van der Waals surface area contributed by atoms with Gasteiger partial charge in [0.2, 0.25) is 0 Å². The number of benzene rings is 2. The van der Waals surface area contributed by atoms with Gasteiger partial charge < -0.3 is 9.47 Å². The number of carbonyl (C=O) groups excluding carboxylic acids is 2. The highest BCUT2D eigenvalue weighted by Crippen LogP contribution is 2.24. The number of hydrazine groups is 1. The number of carbonyl (C=O) groups is 2. The third-order valence-electron chi connectivity index (χ3n) is 3.42. The average Bonchev–Trinajstić information content (AvgIpc) is 2.66. The maximum Gasteiger partial charge on any atom is 0.279 e. The predicted molar refractivity (Wildman–Crippen MR) is 103 cm³/mol. The summed E-state index contributed by atoms with van der Waals surface area (Å²) in [4.78, 5) is 23.8. The van der Waals surface area contributed by atoms with Gasteiger partial charge in [-0.3, -0.25) is 20.4 Å². The number of hydrogen-bond acceptors (Lipinski definition) is 4. The second-order valence-corrected chi connectivity index (χ2v) is 6.30. The number of rotatable bonds is 6. The molecule has 6 nitrogen and oxygen atoms in total. The Bertz CT molecular complexity index is 857. The topological polar surface area (TPSA) is 76.7 Å². The van der Waals surface area contributed by atoms with Crippen LogP contribution in [0.15, 0.2) is 53.0 Å². The molecule has 0 saturated heterocycles. The van der Waals surface area contributed by atoms with Gasteiger partial charge in [-0.2, -0.15) is 0 Å². The molecule has 2 amide bonds. The summed E-state index contributed by atoms with van der Waals surface area (Å²) in [6.45, 7) is 1.44. The van der Waals surface area contributed by atoms with Crippen LogP contribution in [0.25, 0.3) is 6.08 Å². The molecule has 0 saturated carbocycles. The highest BCUT2D eigenvalue weighted by molar-refractivity contribution is 9.10. The van der Waals surface area contributed by atoms with Crippen molar-refractivity contribution >= 4 is 33.8 Å². The lowest BCUT2D eigenvalue weighted by Gasteiger charge is -2.15. The summed E-state index contributed by atoms with van der Waals surface area (Å²) < 4.78 is 24.8. The number of methoxy groups -OCH3 is 1. The monoisotopic (exact) mass is 436 g/mol. The van der Waals surface area contributed by atoms with Gasteiger partial charge in [0, 0.05) is 16.1 Å². The minimum Gasteiger partial charge on any atom is -0.496 e. The van der Waals surface area contributed by atoms with Crippen LogP contribution in [-0.2, 0) is 9.59 Å². The molecule has 142 valence electrons. The van der Waals surface area contributed by atoms with E-state index in [1.165, 1.54) is 38.3 Å². The molecule has 2 aromatic rings. The molecule has 0 heterocycles. The number of hydrogen-bond donors (Lipinski definition) is 2. The zero-order valence-corrected chi connectivity index (χ0v) is 16.2. The molecule has 2 N–H and O–H groups in total. The molecule has 1 atom stereocenters. The molecule has 0 radical (unpaired) electrons. The molecule has 2 rings (SSSR count). The third-order valence-corrected chi connectivity index (χ3v) is 3.92. The highest BCUT2D eigenvalue weighted by atomic mass is 79.9. The van der Waals surface area contributed by atoms with E-state index in [-0.39, 0.29) is 5.75 Å². The van der Waals surface area contributed by atoms with E-state index in [0.717, 1.165) is 4.47 Å². The Morgan fingerprint density at radius 3 is 2.59 bits per heavy atom. The number of amides is 2. The molecule has 0 fully saturated rings. The van der Waals surface area contributed by atoms with Crippen molar-refractivity contribution in [2.45, 2.75) is 13.0 Å². The molecule has 0 bridgehead atoms. The molecule has 0 aliphatic rings. The fourth-order valence-electron chi connectivity index (χ4n) is 2.05. The summed E-state index contributed by atoms with van der Waals surface area (Å²) >= 11 is 3.34. The Labute approximate surface area is 164 Å². The normalized spacial score (nSPS) is 11.7. The Hall–Kier alpha value is -2.87. The maximum atomic E-state index is 13.5. The van der Waals surface area contributed by atoms with E-state index < -0.39 is 23.7 Å². The van der Waals surface area contributed by atoms with E-state index in [0.29, 0.717) is 11.3 Å². The van der Waals surface area contributed by atoms with Crippen LogP contribution in [0.4, 0.5) is 4.39 Å². The molecule has 0 aromatic heterocycles. The summed E-state index contributed by atoms with van der Waals surface area (Å²) in [5.74, 6) is -1.21. The summed E-state index contributed by atoms with van der Waals surface area (Å²) in [6, 6.07) is 11.1. The van der Waals surface area contributed by atoms with Crippen molar-refractivity contribution in [1.29, 1.82) is 0 Å². The van der Waals surface area contributed by atoms with Crippen LogP contribution in [0.5, 0.6) is 11.5 Å². The van der Waals surface area contributed by atoms with Crippen molar-refractivity contribution in [2.75, 3.05) is 7.11 Å². The smallest absolute Gasteiger partial charge is 0.279 e. The molecular weight excluding hydrogens is 419 g/mol. The summed E-state index contributed by atoms with van der Waals surface area (Å²) in [6.07, 6.45) is 1.79. The van der Waals surface area contributed by atoms with Crippen molar-refractivity contribution in [1.82, 2.24) is 10.9 Å². The predicted octanol–water partition coefficient (Wildman–Crippen LogP) is 3.22. The molecule has 1 unspecified atom stereocenters. The standard InChI is InChI=1S/C19H18BrFN2O4/c1-12(27-17-6-4-3-5-15(17)21)19(25)23-22-18(24)10-7-13-11-14(20)8-9-16(13)26-2/h3-12H,1-2H3,(H,22,24)(H,23,25). The van der Waals surface area contributed by atoms with Crippen LogP contribution in [-0.4, -0.2) is 25.0 Å². The molecule has 27 heavy (non-hydrogen) atoms. The van der Waals surface area contributed by atoms with Crippen LogP contribution in [0, 0.1) is 5.82 Å². The van der Waals surface area contributed by atoms with Crippen molar-refractivity contribution in [3.8, 4) is 11.5 Å². The maximum absolute atomic E-state index is 13.5. The van der Waals surface area contributed by atoms with Gasteiger partial charge in [0.1, 0.15) is 5.75 Å². The highest BCUT2D eigenvalue weighted by Gasteiger charge is 2.16. The lowest BCUT2D eigenvalue weighted by Crippen LogP contribution is -2.46. The Balaban J connectivity index is 1.88. The largest absolute Gasteiger partial charge is 0.496 e. The van der Waals surface area contributed by atoms with E-state index in [9.17, 15) is 14.0 Å². The van der Waals surface area contributed by atoms with E-state index in [1.54, 1.807) is 24.3 Å². The van der Waals surface area contributed by atoms with Gasteiger partial charge in [-0.25, -0.2) is 4.39 Å². The first-order valence-corrected chi connectivity index (χ1v) is 8.72. The lowest BCUT2D eigenvalue weighted by atomic mass is 10.2. The zero-order chi connectivity index (χ0) is 19.8. The van der Waals surface area contributed by atoms with Crippen molar-refractivity contribution in [3.63, 3.8) is 0 Å². The summed E-state index contributed by atoms with van der Waals surface area (Å²) in [5.41, 5.74) is 5.14. The molecule has 2 aromatic carbocycles. The van der Waals surface area contributed by atoms with Crippen molar-refractivity contribution in [2.24, 2.45) is 0 Å². The minimum absolute atomic E-state index is 0.0480. The molecule has 8 heteroatoms. The second kappa shape index (κ2) is 9.72. The van der Waals surface area contributed by atoms with Crippen molar-refractivity contribution < 1.29 is 23.5 Å². The number of nitrogens with one attached hydrogen (secondary N) is 2. The van der Waals surface area contributed by atoms with Crippen LogP contribution in [0.1, 0.15) is 12.5 Å². The first-order chi connectivity index (χ1) is 12.9. The van der Waals surface area contributed by atoms with Gasteiger partial charge in [-0.05, 0) is 43.3 Å². The number of halogens is 2. The van der Waals surface area contributed by atoms with Gasteiger partial charge >= 0.3 is 0 Å². The quantitative estimate of drug-likeness (QED) is 0.538. The van der Waals surface area contributed by atoms with Gasteiger partial charge in [-0.1, -0.05) is 28.1 Å². The number of para-hydroxylation sites is 1. The SMILES string of the molecule is COc1ccc(Br)cc1C=CC(=O)NNC(=O)C(C)Oc1ccccc1F. The van der Waals surface area contributed by atoms with E-state index in [1.807, 2.05) is 6.07 Å². The fraction of sp³-hybridized carbons (Fsp3) is 0.158. The van der Waals surface area contributed by atoms with E-state index in [2.05, 4.69) is 26.8 Å². The van der Waals surface area contributed by atoms with Gasteiger partial charge in [0.25, 0.3) is 11.8 Å². The van der Waals surface area contributed by atoms with E-state index >= 15 is 0 Å². The van der Waals surface area contributed by atoms with E-state index in [4.69, 9.17) is 9.47 Å². The average molecular weight is 437 g/mol. The number of ether oxygens (including phenoxy) is 2. The second-order valence-electron chi connectivity index (χ2n) is 5.39. The minimum atomic E-state index is -1.00. The molecule has 0 aliphatic heterocycles. The Morgan fingerprint density at radius 1 is 1.15 bits per heavy atom. The molecular formula is C19H18BrFN2O4. The Kier molecular flexibility index (Phi) is 7.36.